The Morgan fingerprint density at radius 3 is 2.50 bits per heavy atom. The number of carbonyl (C=O) groups excluding carboxylic acids is 1. The first kappa shape index (κ1) is 18.1. The van der Waals surface area contributed by atoms with Gasteiger partial charge in [0.1, 0.15) is 12.7 Å². The summed E-state index contributed by atoms with van der Waals surface area (Å²) >= 11 is 1.67. The van der Waals surface area contributed by atoms with Crippen molar-refractivity contribution in [3.05, 3.63) is 101 Å². The number of amides is 1. The molecule has 140 valence electrons. The molecular formula is C22H20N4OS. The van der Waals surface area contributed by atoms with Gasteiger partial charge in [0.05, 0.1) is 12.2 Å². The van der Waals surface area contributed by atoms with Gasteiger partial charge in [-0.3, -0.25) is 4.79 Å². The minimum absolute atomic E-state index is 0.0365. The van der Waals surface area contributed by atoms with Crippen LogP contribution in [0, 0.1) is 0 Å². The molecule has 0 unspecified atom stereocenters. The summed E-state index contributed by atoms with van der Waals surface area (Å²) in [7, 11) is 0. The molecule has 0 radical (unpaired) electrons. The van der Waals surface area contributed by atoms with Gasteiger partial charge in [-0.1, -0.05) is 36.4 Å². The van der Waals surface area contributed by atoms with Crippen molar-refractivity contribution >= 4 is 17.2 Å². The molecule has 2 aromatic heterocycles. The van der Waals surface area contributed by atoms with Crippen molar-refractivity contribution in [1.29, 1.82) is 0 Å². The molecule has 0 atom stereocenters. The Labute approximate surface area is 167 Å². The number of aromatic nitrogens is 3. The Balaban J connectivity index is 1.51. The van der Waals surface area contributed by atoms with Crippen LogP contribution in [0.5, 0.6) is 0 Å². The van der Waals surface area contributed by atoms with E-state index in [4.69, 9.17) is 0 Å². The molecule has 5 nitrogen and oxygen atoms in total. The van der Waals surface area contributed by atoms with Gasteiger partial charge in [-0.05, 0) is 47.7 Å². The molecule has 0 spiro atoms. The minimum Gasteiger partial charge on any atom is -0.333 e. The van der Waals surface area contributed by atoms with Crippen molar-refractivity contribution in [2.75, 3.05) is 6.54 Å². The van der Waals surface area contributed by atoms with Gasteiger partial charge < -0.3 is 4.90 Å². The van der Waals surface area contributed by atoms with Gasteiger partial charge in [-0.25, -0.2) is 9.67 Å². The number of hydrogen-bond donors (Lipinski definition) is 0. The second-order valence-corrected chi connectivity index (χ2v) is 7.46. The molecule has 6 heteroatoms. The lowest BCUT2D eigenvalue weighted by Crippen LogP contribution is -2.32. The van der Waals surface area contributed by atoms with E-state index in [1.807, 2.05) is 58.8 Å². The standard InChI is InChI=1S/C22H20N4OS/c27-22(19-8-10-20(11-9-19)26-17-23-16-24-26)25(15-21-7-4-14-28-21)13-12-18-5-2-1-3-6-18/h1-11,14,16-17H,12-13,15H2. The molecule has 0 aliphatic heterocycles. The van der Waals surface area contributed by atoms with E-state index in [9.17, 15) is 4.79 Å². The van der Waals surface area contributed by atoms with Gasteiger partial charge >= 0.3 is 0 Å². The Hall–Kier alpha value is -3.25. The van der Waals surface area contributed by atoms with Crippen LogP contribution < -0.4 is 0 Å². The van der Waals surface area contributed by atoms with E-state index in [1.54, 1.807) is 22.3 Å². The van der Waals surface area contributed by atoms with E-state index in [0.29, 0.717) is 18.7 Å². The highest BCUT2D eigenvalue weighted by Gasteiger charge is 2.17. The van der Waals surface area contributed by atoms with Crippen molar-refractivity contribution in [2.24, 2.45) is 0 Å². The summed E-state index contributed by atoms with van der Waals surface area (Å²) in [5.74, 6) is 0.0365. The van der Waals surface area contributed by atoms with Crippen LogP contribution in [0.15, 0.2) is 84.8 Å². The molecule has 0 fully saturated rings. The Bertz CT molecular complexity index is 997. The molecule has 0 bridgehead atoms. The predicted molar refractivity (Wildman–Crippen MR) is 111 cm³/mol. The lowest BCUT2D eigenvalue weighted by atomic mass is 10.1. The van der Waals surface area contributed by atoms with E-state index in [0.717, 1.165) is 12.1 Å². The molecule has 2 heterocycles. The highest BCUT2D eigenvalue weighted by atomic mass is 32.1. The number of thiophene rings is 1. The van der Waals surface area contributed by atoms with Crippen LogP contribution in [0.3, 0.4) is 0 Å². The fourth-order valence-corrected chi connectivity index (χ4v) is 3.75. The van der Waals surface area contributed by atoms with Crippen molar-refractivity contribution < 1.29 is 4.79 Å². The van der Waals surface area contributed by atoms with Crippen molar-refractivity contribution in [3.63, 3.8) is 0 Å². The summed E-state index contributed by atoms with van der Waals surface area (Å²) in [6.45, 7) is 1.29. The zero-order chi connectivity index (χ0) is 19.2. The highest BCUT2D eigenvalue weighted by molar-refractivity contribution is 7.09. The van der Waals surface area contributed by atoms with Crippen molar-refractivity contribution in [2.45, 2.75) is 13.0 Å². The van der Waals surface area contributed by atoms with Crippen LogP contribution in [0.2, 0.25) is 0 Å². The monoisotopic (exact) mass is 388 g/mol. The van der Waals surface area contributed by atoms with Crippen LogP contribution in [0.4, 0.5) is 0 Å². The minimum atomic E-state index is 0.0365. The lowest BCUT2D eigenvalue weighted by Gasteiger charge is -2.22. The number of benzene rings is 2. The third kappa shape index (κ3) is 4.35. The third-order valence-electron chi connectivity index (χ3n) is 4.52. The topological polar surface area (TPSA) is 51.0 Å². The van der Waals surface area contributed by atoms with Gasteiger partial charge in [-0.2, -0.15) is 5.10 Å². The van der Waals surface area contributed by atoms with Gasteiger partial charge in [0.25, 0.3) is 5.91 Å². The number of carbonyl (C=O) groups is 1. The van der Waals surface area contributed by atoms with E-state index in [1.165, 1.54) is 16.8 Å². The molecule has 0 aliphatic rings. The number of nitrogens with zero attached hydrogens (tertiary/aromatic N) is 4. The predicted octanol–water partition coefficient (Wildman–Crippen LogP) is 4.21. The zero-order valence-corrected chi connectivity index (χ0v) is 16.1. The zero-order valence-electron chi connectivity index (χ0n) is 15.3. The van der Waals surface area contributed by atoms with Gasteiger partial charge in [0, 0.05) is 17.0 Å². The molecule has 4 aromatic rings. The maximum absolute atomic E-state index is 13.2. The molecule has 0 aliphatic carbocycles. The van der Waals surface area contributed by atoms with Gasteiger partial charge in [0.2, 0.25) is 0 Å². The SMILES string of the molecule is O=C(c1ccc(-n2cncn2)cc1)N(CCc1ccccc1)Cc1cccs1. The fraction of sp³-hybridized carbons (Fsp3) is 0.136. The first-order valence-electron chi connectivity index (χ1n) is 9.10. The van der Waals surface area contributed by atoms with Crippen LogP contribution in [-0.2, 0) is 13.0 Å². The molecule has 4 rings (SSSR count). The summed E-state index contributed by atoms with van der Waals surface area (Å²) in [5, 5.41) is 6.16. The largest absolute Gasteiger partial charge is 0.333 e. The smallest absolute Gasteiger partial charge is 0.254 e. The Morgan fingerprint density at radius 1 is 1.00 bits per heavy atom. The third-order valence-corrected chi connectivity index (χ3v) is 5.39. The van der Waals surface area contributed by atoms with Crippen LogP contribution in [-0.4, -0.2) is 32.1 Å². The average Bonchev–Trinajstić information content (AvgIpc) is 3.46. The highest BCUT2D eigenvalue weighted by Crippen LogP contribution is 2.17. The van der Waals surface area contributed by atoms with Gasteiger partial charge in [-0.15, -0.1) is 11.3 Å². The van der Waals surface area contributed by atoms with Gasteiger partial charge in [0.15, 0.2) is 0 Å². The summed E-state index contributed by atoms with van der Waals surface area (Å²) in [6.07, 6.45) is 3.96. The van der Waals surface area contributed by atoms with Crippen molar-refractivity contribution in [3.8, 4) is 5.69 Å². The fourth-order valence-electron chi connectivity index (χ4n) is 3.03. The Morgan fingerprint density at radius 2 is 1.82 bits per heavy atom. The summed E-state index contributed by atoms with van der Waals surface area (Å²) < 4.78 is 1.67. The lowest BCUT2D eigenvalue weighted by molar-refractivity contribution is 0.0747. The van der Waals surface area contributed by atoms with Crippen LogP contribution >= 0.6 is 11.3 Å². The second kappa shape index (κ2) is 8.63. The van der Waals surface area contributed by atoms with Crippen LogP contribution in [0.25, 0.3) is 5.69 Å². The second-order valence-electron chi connectivity index (χ2n) is 6.43. The molecule has 0 saturated heterocycles. The van der Waals surface area contributed by atoms with Crippen molar-refractivity contribution in [1.82, 2.24) is 19.7 Å². The van der Waals surface area contributed by atoms with E-state index >= 15 is 0 Å². The van der Waals surface area contributed by atoms with E-state index in [-0.39, 0.29) is 5.91 Å². The summed E-state index contributed by atoms with van der Waals surface area (Å²) in [6, 6.07) is 21.8. The maximum atomic E-state index is 13.2. The number of hydrogen-bond acceptors (Lipinski definition) is 4. The van der Waals surface area contributed by atoms with Crippen LogP contribution in [0.1, 0.15) is 20.8 Å². The molecule has 1 amide bonds. The summed E-state index contributed by atoms with van der Waals surface area (Å²) in [4.78, 5) is 20.2. The first-order chi connectivity index (χ1) is 13.8. The Kier molecular flexibility index (Phi) is 5.58. The molecule has 0 N–H and O–H groups in total. The van der Waals surface area contributed by atoms with E-state index < -0.39 is 0 Å². The molecule has 28 heavy (non-hydrogen) atoms. The summed E-state index contributed by atoms with van der Waals surface area (Å²) in [5.41, 5.74) is 2.78. The molecular weight excluding hydrogens is 368 g/mol. The molecule has 0 saturated carbocycles. The quantitative estimate of drug-likeness (QED) is 0.476. The normalized spacial score (nSPS) is 10.7. The number of rotatable bonds is 7. The average molecular weight is 388 g/mol. The molecule has 2 aromatic carbocycles. The maximum Gasteiger partial charge on any atom is 0.254 e. The first-order valence-corrected chi connectivity index (χ1v) is 9.98. The van der Waals surface area contributed by atoms with E-state index in [2.05, 4.69) is 28.3 Å².